The number of nitrogens with one attached hydrogen (secondary N) is 2. The van der Waals surface area contributed by atoms with Crippen molar-refractivity contribution in [1.82, 2.24) is 10.2 Å². The summed E-state index contributed by atoms with van der Waals surface area (Å²) in [6, 6.07) is 12.0. The maximum absolute atomic E-state index is 13.8. The van der Waals surface area contributed by atoms with Gasteiger partial charge in [-0.15, -0.1) is 0 Å². The highest BCUT2D eigenvalue weighted by Crippen LogP contribution is 2.39. The highest BCUT2D eigenvalue weighted by Gasteiger charge is 2.29. The summed E-state index contributed by atoms with van der Waals surface area (Å²) in [7, 11) is 1.55. The average molecular weight is 367 g/mol. The number of H-pyrrole nitrogens is 1. The van der Waals surface area contributed by atoms with Crippen LogP contribution in [-0.4, -0.2) is 23.2 Å². The summed E-state index contributed by atoms with van der Waals surface area (Å²) < 4.78 is 25.0. The van der Waals surface area contributed by atoms with Gasteiger partial charge in [0.15, 0.2) is 17.3 Å². The van der Waals surface area contributed by atoms with Crippen LogP contribution in [0.15, 0.2) is 48.7 Å². The molecule has 7 heteroatoms. The lowest BCUT2D eigenvalue weighted by Gasteiger charge is -2.23. The Morgan fingerprint density at radius 2 is 2.07 bits per heavy atom. The van der Waals surface area contributed by atoms with Crippen LogP contribution >= 0.6 is 0 Å². The third-order valence-electron chi connectivity index (χ3n) is 4.62. The number of aromatic nitrogens is 2. The van der Waals surface area contributed by atoms with Gasteiger partial charge in [-0.05, 0) is 23.8 Å². The van der Waals surface area contributed by atoms with Crippen LogP contribution in [0.3, 0.4) is 0 Å². The maximum Gasteiger partial charge on any atom is 0.226 e. The number of nitrogens with zero attached hydrogens (tertiary/aromatic N) is 1. The predicted molar refractivity (Wildman–Crippen MR) is 97.4 cm³/mol. The van der Waals surface area contributed by atoms with Gasteiger partial charge in [0.05, 0.1) is 7.11 Å². The SMILES string of the molecule is COc1cc(C2CC(=O)Nc3n[nH]cc32)ccc1OCc1ccccc1F. The first-order valence-electron chi connectivity index (χ1n) is 8.53. The molecule has 1 amide bonds. The Morgan fingerprint density at radius 1 is 1.22 bits per heavy atom. The van der Waals surface area contributed by atoms with E-state index in [0.29, 0.717) is 29.3 Å². The molecule has 0 radical (unpaired) electrons. The Labute approximate surface area is 155 Å². The quantitative estimate of drug-likeness (QED) is 0.722. The van der Waals surface area contributed by atoms with Crippen molar-refractivity contribution in [2.24, 2.45) is 0 Å². The second kappa shape index (κ2) is 7.11. The van der Waals surface area contributed by atoms with E-state index in [9.17, 15) is 9.18 Å². The number of halogens is 1. The van der Waals surface area contributed by atoms with Gasteiger partial charge in [-0.25, -0.2) is 4.39 Å². The van der Waals surface area contributed by atoms with Crippen molar-refractivity contribution in [3.8, 4) is 11.5 Å². The Balaban J connectivity index is 1.59. The van der Waals surface area contributed by atoms with Crippen molar-refractivity contribution in [3.05, 3.63) is 71.2 Å². The molecule has 0 saturated heterocycles. The Hall–Kier alpha value is -3.35. The lowest BCUT2D eigenvalue weighted by Crippen LogP contribution is -2.23. The van der Waals surface area contributed by atoms with Gasteiger partial charge in [0, 0.05) is 29.7 Å². The molecule has 2 aromatic carbocycles. The number of anilines is 1. The molecular formula is C20H18FN3O3. The van der Waals surface area contributed by atoms with E-state index in [0.717, 1.165) is 11.1 Å². The van der Waals surface area contributed by atoms with Crippen molar-refractivity contribution in [2.75, 3.05) is 12.4 Å². The lowest BCUT2D eigenvalue weighted by atomic mass is 9.87. The molecule has 1 unspecified atom stereocenters. The van der Waals surface area contributed by atoms with Crippen LogP contribution in [0.2, 0.25) is 0 Å². The number of carbonyl (C=O) groups excluding carboxylic acids is 1. The van der Waals surface area contributed by atoms with Crippen LogP contribution in [0, 0.1) is 5.82 Å². The molecule has 27 heavy (non-hydrogen) atoms. The number of aromatic amines is 1. The summed E-state index contributed by atoms with van der Waals surface area (Å²) in [6.07, 6.45) is 2.11. The molecule has 1 aliphatic rings. The summed E-state index contributed by atoms with van der Waals surface area (Å²) in [4.78, 5) is 12.0. The fourth-order valence-corrected chi connectivity index (χ4v) is 3.23. The molecule has 1 atom stereocenters. The molecule has 0 fully saturated rings. The molecule has 0 spiro atoms. The summed E-state index contributed by atoms with van der Waals surface area (Å²) in [5.74, 6) is 1.07. The molecule has 4 rings (SSSR count). The van der Waals surface area contributed by atoms with Crippen molar-refractivity contribution >= 4 is 11.7 Å². The van der Waals surface area contributed by atoms with Gasteiger partial charge in [0.25, 0.3) is 0 Å². The highest BCUT2D eigenvalue weighted by molar-refractivity contribution is 5.94. The first-order chi connectivity index (χ1) is 13.2. The standard InChI is InChI=1S/C20H18FN3O3/c1-26-18-8-12(14-9-19(25)23-20-15(14)10-22-24-20)6-7-17(18)27-11-13-4-2-3-5-16(13)21/h2-8,10,14H,9,11H2,1H3,(H2,22,23,24,25). The molecule has 0 bridgehead atoms. The Bertz CT molecular complexity index is 986. The molecule has 6 nitrogen and oxygen atoms in total. The van der Waals surface area contributed by atoms with Crippen LogP contribution in [-0.2, 0) is 11.4 Å². The summed E-state index contributed by atoms with van der Waals surface area (Å²) in [5, 5.41) is 9.60. The van der Waals surface area contributed by atoms with Crippen molar-refractivity contribution in [1.29, 1.82) is 0 Å². The van der Waals surface area contributed by atoms with Gasteiger partial charge >= 0.3 is 0 Å². The first kappa shape index (κ1) is 17.1. The average Bonchev–Trinajstić information content (AvgIpc) is 3.15. The zero-order valence-electron chi connectivity index (χ0n) is 14.7. The van der Waals surface area contributed by atoms with Crippen LogP contribution < -0.4 is 14.8 Å². The molecule has 1 aromatic heterocycles. The van der Waals surface area contributed by atoms with Crippen molar-refractivity contribution in [2.45, 2.75) is 18.9 Å². The third-order valence-corrected chi connectivity index (χ3v) is 4.62. The number of benzene rings is 2. The monoisotopic (exact) mass is 367 g/mol. The number of rotatable bonds is 5. The topological polar surface area (TPSA) is 76.2 Å². The third kappa shape index (κ3) is 3.36. The molecule has 138 valence electrons. The summed E-state index contributed by atoms with van der Waals surface area (Å²) in [6.45, 7) is 0.0973. The molecule has 1 aliphatic heterocycles. The lowest BCUT2D eigenvalue weighted by molar-refractivity contribution is -0.116. The normalized spacial score (nSPS) is 15.8. The van der Waals surface area contributed by atoms with Crippen LogP contribution in [0.1, 0.15) is 29.0 Å². The van der Waals surface area contributed by atoms with Gasteiger partial charge in [-0.1, -0.05) is 24.3 Å². The van der Waals surface area contributed by atoms with E-state index in [1.807, 2.05) is 12.1 Å². The van der Waals surface area contributed by atoms with Gasteiger partial charge in [-0.2, -0.15) is 5.10 Å². The summed E-state index contributed by atoms with van der Waals surface area (Å²) in [5.41, 5.74) is 2.31. The Kier molecular flexibility index (Phi) is 4.50. The fourth-order valence-electron chi connectivity index (χ4n) is 3.23. The number of amides is 1. The number of ether oxygens (including phenoxy) is 2. The summed E-state index contributed by atoms with van der Waals surface area (Å²) >= 11 is 0. The van der Waals surface area contributed by atoms with E-state index < -0.39 is 0 Å². The number of fused-ring (bicyclic) bond motifs is 1. The van der Waals surface area contributed by atoms with E-state index in [-0.39, 0.29) is 24.2 Å². The zero-order valence-corrected chi connectivity index (χ0v) is 14.7. The second-order valence-corrected chi connectivity index (χ2v) is 6.28. The molecule has 2 heterocycles. The van der Waals surface area contributed by atoms with E-state index in [4.69, 9.17) is 9.47 Å². The van der Waals surface area contributed by atoms with E-state index in [1.54, 1.807) is 37.6 Å². The molecule has 2 N–H and O–H groups in total. The second-order valence-electron chi connectivity index (χ2n) is 6.28. The minimum atomic E-state index is -0.311. The van der Waals surface area contributed by atoms with Crippen molar-refractivity contribution in [3.63, 3.8) is 0 Å². The number of hydrogen-bond acceptors (Lipinski definition) is 4. The van der Waals surface area contributed by atoms with Crippen LogP contribution in [0.5, 0.6) is 11.5 Å². The zero-order chi connectivity index (χ0) is 18.8. The Morgan fingerprint density at radius 3 is 2.89 bits per heavy atom. The molecule has 3 aromatic rings. The van der Waals surface area contributed by atoms with Gasteiger partial charge in [0.1, 0.15) is 12.4 Å². The van der Waals surface area contributed by atoms with Crippen molar-refractivity contribution < 1.29 is 18.7 Å². The predicted octanol–water partition coefficient (Wildman–Crippen LogP) is 3.61. The van der Waals surface area contributed by atoms with Crippen LogP contribution in [0.25, 0.3) is 0 Å². The maximum atomic E-state index is 13.8. The van der Waals surface area contributed by atoms with Crippen LogP contribution in [0.4, 0.5) is 10.2 Å². The smallest absolute Gasteiger partial charge is 0.226 e. The highest BCUT2D eigenvalue weighted by atomic mass is 19.1. The molecular weight excluding hydrogens is 349 g/mol. The van der Waals surface area contributed by atoms with E-state index in [1.165, 1.54) is 6.07 Å². The van der Waals surface area contributed by atoms with E-state index >= 15 is 0 Å². The van der Waals surface area contributed by atoms with Gasteiger partial charge in [-0.3, -0.25) is 9.89 Å². The minimum absolute atomic E-state index is 0.0848. The van der Waals surface area contributed by atoms with E-state index in [2.05, 4.69) is 15.5 Å². The number of hydrogen-bond donors (Lipinski definition) is 2. The molecule has 0 aliphatic carbocycles. The largest absolute Gasteiger partial charge is 0.493 e. The molecule has 0 saturated carbocycles. The van der Waals surface area contributed by atoms with Gasteiger partial charge in [0.2, 0.25) is 5.91 Å². The minimum Gasteiger partial charge on any atom is -0.493 e. The first-order valence-corrected chi connectivity index (χ1v) is 8.53. The number of carbonyl (C=O) groups is 1. The number of methoxy groups -OCH3 is 1. The van der Waals surface area contributed by atoms with Gasteiger partial charge < -0.3 is 14.8 Å². The fraction of sp³-hybridized carbons (Fsp3) is 0.200.